The van der Waals surface area contributed by atoms with Gasteiger partial charge in [-0.05, 0) is 34.7 Å². The monoisotopic (exact) mass is 583 g/mol. The Morgan fingerprint density at radius 1 is 1.05 bits per heavy atom. The second kappa shape index (κ2) is 12.5. The van der Waals surface area contributed by atoms with Gasteiger partial charge < -0.3 is 24.3 Å². The summed E-state index contributed by atoms with van der Waals surface area (Å²) in [4.78, 5) is 35.1. The average Bonchev–Trinajstić information content (AvgIpc) is 3.50. The molecule has 14 nitrogen and oxygen atoms in total. The van der Waals surface area contributed by atoms with Crippen molar-refractivity contribution in [2.24, 2.45) is 0 Å². The summed E-state index contributed by atoms with van der Waals surface area (Å²) < 4.78 is 23.3. The summed E-state index contributed by atoms with van der Waals surface area (Å²) in [6, 6.07) is 7.09. The van der Waals surface area contributed by atoms with Crippen LogP contribution in [0.5, 0.6) is 0 Å². The number of thioether (sulfide) groups is 1. The first-order valence-corrected chi connectivity index (χ1v) is 13.3. The van der Waals surface area contributed by atoms with Gasteiger partial charge in [-0.25, -0.2) is 0 Å². The van der Waals surface area contributed by atoms with Gasteiger partial charge in [0, 0.05) is 25.8 Å². The van der Waals surface area contributed by atoms with Crippen LogP contribution < -0.4 is 5.32 Å². The van der Waals surface area contributed by atoms with Crippen molar-refractivity contribution in [1.29, 1.82) is 0 Å². The van der Waals surface area contributed by atoms with Crippen LogP contribution in [-0.4, -0.2) is 79.5 Å². The average molecular weight is 584 g/mol. The highest BCUT2D eigenvalue weighted by Gasteiger charge is 2.47. The topological polar surface area (TPSA) is 170 Å². The molecule has 0 spiro atoms. The fraction of sp³-hybridized carbons (Fsp3) is 0.429. The molecular formula is C21H22ClN7O7S2. The molecule has 3 heterocycles. The van der Waals surface area contributed by atoms with Crippen molar-refractivity contribution in [2.75, 3.05) is 11.9 Å². The first-order chi connectivity index (χ1) is 18.2. The molecule has 0 saturated carbocycles. The van der Waals surface area contributed by atoms with Gasteiger partial charge >= 0.3 is 17.9 Å². The number of carbonyl (C=O) groups excluding carboxylic acids is 3. The number of ether oxygens (including phenoxy) is 4. The number of anilines is 1. The predicted molar refractivity (Wildman–Crippen MR) is 134 cm³/mol. The molecule has 1 fully saturated rings. The van der Waals surface area contributed by atoms with E-state index < -0.39 is 42.4 Å². The second-order valence-corrected chi connectivity index (χ2v) is 10.3. The molecule has 4 rings (SSSR count). The van der Waals surface area contributed by atoms with Crippen LogP contribution in [0.2, 0.25) is 5.02 Å². The number of carbonyl (C=O) groups is 3. The van der Waals surface area contributed by atoms with Crippen molar-refractivity contribution in [1.82, 2.24) is 30.4 Å². The number of esters is 3. The molecule has 1 N–H and O–H groups in total. The van der Waals surface area contributed by atoms with Gasteiger partial charge in [0.25, 0.3) is 0 Å². The molecule has 4 atom stereocenters. The van der Waals surface area contributed by atoms with Gasteiger partial charge in [-0.15, -0.1) is 15.3 Å². The second-order valence-electron chi connectivity index (χ2n) is 7.83. The molecule has 202 valence electrons. The highest BCUT2D eigenvalue weighted by Crippen LogP contribution is 2.29. The van der Waals surface area contributed by atoms with E-state index in [0.29, 0.717) is 26.1 Å². The molecule has 3 aromatic rings. The zero-order valence-corrected chi connectivity index (χ0v) is 22.7. The van der Waals surface area contributed by atoms with Crippen LogP contribution in [0.15, 0.2) is 29.4 Å². The van der Waals surface area contributed by atoms with Gasteiger partial charge in [0.15, 0.2) is 24.5 Å². The summed E-state index contributed by atoms with van der Waals surface area (Å²) in [6.07, 6.45) is -4.14. The zero-order chi connectivity index (χ0) is 27.2. The summed E-state index contributed by atoms with van der Waals surface area (Å²) in [6.45, 7) is 3.51. The molecule has 1 aromatic carbocycles. The van der Waals surface area contributed by atoms with Crippen molar-refractivity contribution in [3.05, 3.63) is 34.3 Å². The van der Waals surface area contributed by atoms with Crippen LogP contribution >= 0.6 is 34.7 Å². The third-order valence-electron chi connectivity index (χ3n) is 4.92. The number of hydrogen-bond acceptors (Lipinski definition) is 15. The molecule has 0 amide bonds. The van der Waals surface area contributed by atoms with E-state index in [0.717, 1.165) is 5.69 Å². The van der Waals surface area contributed by atoms with Crippen LogP contribution in [0.4, 0.5) is 5.13 Å². The Morgan fingerprint density at radius 3 is 2.42 bits per heavy atom. The van der Waals surface area contributed by atoms with Crippen molar-refractivity contribution >= 4 is 57.7 Å². The van der Waals surface area contributed by atoms with Gasteiger partial charge in [0.2, 0.25) is 10.3 Å². The fourth-order valence-electron chi connectivity index (χ4n) is 3.50. The fourth-order valence-corrected chi connectivity index (χ4v) is 5.27. The van der Waals surface area contributed by atoms with Gasteiger partial charge in [-0.2, -0.15) is 4.68 Å². The Hall–Kier alpha value is -3.34. The number of halogens is 1. The summed E-state index contributed by atoms with van der Waals surface area (Å²) in [5, 5.41) is 25.3. The van der Waals surface area contributed by atoms with Gasteiger partial charge in [-0.1, -0.05) is 34.7 Å². The molecule has 0 bridgehead atoms. The van der Waals surface area contributed by atoms with E-state index >= 15 is 0 Å². The molecule has 0 aliphatic carbocycles. The van der Waals surface area contributed by atoms with E-state index in [-0.39, 0.29) is 6.61 Å². The normalized spacial score (nSPS) is 20.9. The van der Waals surface area contributed by atoms with Crippen LogP contribution in [0.1, 0.15) is 25.8 Å². The van der Waals surface area contributed by atoms with E-state index in [4.69, 9.17) is 30.5 Å². The maximum atomic E-state index is 11.8. The lowest BCUT2D eigenvalue weighted by Crippen LogP contribution is -2.59. The molecule has 0 unspecified atom stereocenters. The Morgan fingerprint density at radius 2 is 1.74 bits per heavy atom. The Labute approximate surface area is 229 Å². The van der Waals surface area contributed by atoms with Gasteiger partial charge in [0.05, 0.1) is 18.0 Å². The number of tetrazole rings is 1. The molecule has 2 aromatic heterocycles. The lowest BCUT2D eigenvalue weighted by molar-refractivity contribution is -0.221. The molecule has 38 heavy (non-hydrogen) atoms. The van der Waals surface area contributed by atoms with Crippen molar-refractivity contribution in [3.63, 3.8) is 0 Å². The van der Waals surface area contributed by atoms with Gasteiger partial charge in [0.1, 0.15) is 5.01 Å². The lowest BCUT2D eigenvalue weighted by atomic mass is 10.0. The van der Waals surface area contributed by atoms with Crippen molar-refractivity contribution in [3.8, 4) is 5.69 Å². The van der Waals surface area contributed by atoms with Crippen LogP contribution in [-0.2, 0) is 39.1 Å². The minimum absolute atomic E-state index is 0.109. The van der Waals surface area contributed by atoms with E-state index in [1.807, 2.05) is 0 Å². The minimum Gasteiger partial charge on any atom is -0.456 e. The number of hydrogen-bond donors (Lipinski definition) is 1. The summed E-state index contributed by atoms with van der Waals surface area (Å²) in [5.41, 5.74) is 0.752. The Balaban J connectivity index is 1.44. The van der Waals surface area contributed by atoms with Gasteiger partial charge in [-0.3, -0.25) is 14.4 Å². The van der Waals surface area contributed by atoms with E-state index in [1.54, 1.807) is 28.9 Å². The van der Waals surface area contributed by atoms with Crippen molar-refractivity contribution in [2.45, 2.75) is 56.2 Å². The molecular weight excluding hydrogens is 562 g/mol. The summed E-state index contributed by atoms with van der Waals surface area (Å²) in [7, 11) is 0. The number of rotatable bonds is 9. The molecule has 1 saturated heterocycles. The highest BCUT2D eigenvalue weighted by molar-refractivity contribution is 7.98. The quantitative estimate of drug-likeness (QED) is 0.220. The summed E-state index contributed by atoms with van der Waals surface area (Å²) in [5.74, 6) is -1.46. The van der Waals surface area contributed by atoms with Crippen molar-refractivity contribution < 1.29 is 33.3 Å². The zero-order valence-electron chi connectivity index (χ0n) is 20.3. The Bertz CT molecular complexity index is 1290. The largest absolute Gasteiger partial charge is 0.456 e. The molecule has 0 radical (unpaired) electrons. The van der Waals surface area contributed by atoms with E-state index in [9.17, 15) is 14.4 Å². The number of nitrogens with one attached hydrogen (secondary N) is 1. The maximum Gasteiger partial charge on any atom is 0.303 e. The third-order valence-corrected chi connectivity index (χ3v) is 7.14. The minimum atomic E-state index is -1.12. The first kappa shape index (κ1) is 27.7. The predicted octanol–water partition coefficient (Wildman–Crippen LogP) is 2.02. The molecule has 17 heteroatoms. The maximum absolute atomic E-state index is 11.8. The Kier molecular flexibility index (Phi) is 9.09. The summed E-state index contributed by atoms with van der Waals surface area (Å²) >= 11 is 8.55. The molecule has 1 aliphatic rings. The number of aromatic nitrogens is 6. The first-order valence-electron chi connectivity index (χ1n) is 11.1. The molecule has 1 aliphatic heterocycles. The standard InChI is InChI=1S/C21H22ClN7O7S2/c1-10(30)34-15-8-33-19(18(36-12(3)32)17(15)35-11(2)31)23-20-25-24-16(38-20)9-37-21-26-27-28-29(21)14-6-4-13(22)5-7-14/h4-7,15,17-19H,8-9H2,1-3H3,(H,23,25)/t15-,17+,18-,19-/m1/s1. The highest BCUT2D eigenvalue weighted by atomic mass is 35.5. The lowest BCUT2D eigenvalue weighted by Gasteiger charge is -2.40. The number of nitrogens with zero attached hydrogens (tertiary/aromatic N) is 6. The van der Waals surface area contributed by atoms with Crippen LogP contribution in [0.3, 0.4) is 0 Å². The number of benzene rings is 1. The smallest absolute Gasteiger partial charge is 0.303 e. The SMILES string of the molecule is CC(=O)O[C@@H]1[C@@H](OC(C)=O)[C@H](OC(C)=O)CO[C@H]1Nc1nnc(CSc2nnnn2-c2ccc(Cl)cc2)s1. The van der Waals surface area contributed by atoms with Crippen LogP contribution in [0, 0.1) is 0 Å². The third kappa shape index (κ3) is 7.15. The van der Waals surface area contributed by atoms with E-state index in [2.05, 4.69) is 31.0 Å². The van der Waals surface area contributed by atoms with E-state index in [1.165, 1.54) is 43.9 Å². The van der Waals surface area contributed by atoms with Crippen LogP contribution in [0.25, 0.3) is 5.69 Å².